The topological polar surface area (TPSA) is 108 Å². The first-order valence-corrected chi connectivity index (χ1v) is 36.0. The number of amides is 1. The van der Waals surface area contributed by atoms with Crippen molar-refractivity contribution in [1.29, 1.82) is 0 Å². The van der Waals surface area contributed by atoms with Gasteiger partial charge in [0.15, 0.2) is 0 Å². The summed E-state index contributed by atoms with van der Waals surface area (Å²) in [4.78, 5) is 25.6. The van der Waals surface area contributed by atoms with E-state index in [2.05, 4.69) is 141 Å². The Kier molecular flexibility index (Phi) is 61.6. The number of aliphatic hydroxyl groups excluding tert-OH is 1. The minimum Gasteiger partial charge on any atom is -0.756 e. The van der Waals surface area contributed by atoms with Crippen LogP contribution in [0.1, 0.15) is 284 Å². The molecule has 0 aromatic rings. The molecule has 3 atom stereocenters. The van der Waals surface area contributed by atoms with Crippen LogP contribution in [0.15, 0.2) is 134 Å². The summed E-state index contributed by atoms with van der Waals surface area (Å²) in [6.45, 7) is 4.51. The predicted octanol–water partition coefficient (Wildman–Crippen LogP) is 21.6. The van der Waals surface area contributed by atoms with Crippen molar-refractivity contribution in [3.05, 3.63) is 134 Å². The van der Waals surface area contributed by atoms with E-state index < -0.39 is 26.6 Å². The second-order valence-electron chi connectivity index (χ2n) is 24.1. The second kappa shape index (κ2) is 64.1. The molecule has 0 aromatic heterocycles. The fourth-order valence-electron chi connectivity index (χ4n) is 9.50. The lowest BCUT2D eigenvalue weighted by Crippen LogP contribution is -2.45. The van der Waals surface area contributed by atoms with E-state index in [4.69, 9.17) is 9.05 Å². The lowest BCUT2D eigenvalue weighted by Gasteiger charge is -2.29. The van der Waals surface area contributed by atoms with Gasteiger partial charge in [0.05, 0.1) is 39.9 Å². The second-order valence-corrected chi connectivity index (χ2v) is 25.5. The molecule has 9 heteroatoms. The molecule has 8 nitrogen and oxygen atoms in total. The first-order chi connectivity index (χ1) is 41.0. The van der Waals surface area contributed by atoms with E-state index in [1.807, 2.05) is 27.2 Å². The number of carbonyl (C=O) groups excluding carboxylic acids is 1. The van der Waals surface area contributed by atoms with Gasteiger partial charge in [-0.3, -0.25) is 9.36 Å². The van der Waals surface area contributed by atoms with Gasteiger partial charge in [-0.15, -0.1) is 0 Å². The third kappa shape index (κ3) is 66.2. The number of nitrogens with zero attached hydrogens (tertiary/aromatic N) is 1. The molecule has 0 aliphatic carbocycles. The smallest absolute Gasteiger partial charge is 0.268 e. The molecule has 0 saturated heterocycles. The molecule has 0 spiro atoms. The summed E-state index contributed by atoms with van der Waals surface area (Å²) in [5.41, 5.74) is 0. The number of phosphoric ester groups is 1. The lowest BCUT2D eigenvalue weighted by molar-refractivity contribution is -0.870. The minimum atomic E-state index is -4.63. The summed E-state index contributed by atoms with van der Waals surface area (Å²) in [6, 6.07) is -0.923. The molecule has 3 unspecified atom stereocenters. The Morgan fingerprint density at radius 2 is 0.738 bits per heavy atom. The highest BCUT2D eigenvalue weighted by molar-refractivity contribution is 7.45. The molecular weight excluding hydrogens is 1060 g/mol. The van der Waals surface area contributed by atoms with Gasteiger partial charge < -0.3 is 28.8 Å². The van der Waals surface area contributed by atoms with Gasteiger partial charge in [-0.25, -0.2) is 0 Å². The number of allylic oxidation sites excluding steroid dienone is 21. The number of nitrogens with one attached hydrogen (secondary N) is 1. The van der Waals surface area contributed by atoms with Crippen molar-refractivity contribution >= 4 is 13.7 Å². The van der Waals surface area contributed by atoms with Crippen molar-refractivity contribution in [2.75, 3.05) is 40.9 Å². The fraction of sp³-hybridized carbons (Fsp3) is 0.693. The molecule has 0 aliphatic heterocycles. The number of carbonyl (C=O) groups is 1. The first-order valence-electron chi connectivity index (χ1n) is 34.5. The van der Waals surface area contributed by atoms with Crippen LogP contribution in [0.4, 0.5) is 0 Å². The summed E-state index contributed by atoms with van der Waals surface area (Å²) in [6.07, 6.45) is 97.1. The molecule has 0 saturated carbocycles. The molecule has 2 N–H and O–H groups in total. The van der Waals surface area contributed by atoms with E-state index in [-0.39, 0.29) is 12.5 Å². The summed E-state index contributed by atoms with van der Waals surface area (Å²) >= 11 is 0. The van der Waals surface area contributed by atoms with Crippen LogP contribution in [0.25, 0.3) is 0 Å². The van der Waals surface area contributed by atoms with Crippen LogP contribution in [0.2, 0.25) is 0 Å². The molecule has 0 aromatic carbocycles. The van der Waals surface area contributed by atoms with Crippen LogP contribution in [-0.4, -0.2) is 68.5 Å². The minimum absolute atomic E-state index is 0.0161. The Hall–Kier alpha value is -3.36. The number of likely N-dealkylation sites (N-methyl/N-ethyl adjacent to an activating group) is 1. The van der Waals surface area contributed by atoms with Gasteiger partial charge in [0.2, 0.25) is 5.91 Å². The third-order valence-electron chi connectivity index (χ3n) is 14.8. The molecule has 84 heavy (non-hydrogen) atoms. The number of unbranched alkanes of at least 4 members (excludes halogenated alkanes) is 29. The van der Waals surface area contributed by atoms with E-state index in [0.29, 0.717) is 17.4 Å². The summed E-state index contributed by atoms with van der Waals surface area (Å²) in [7, 11) is 1.22. The van der Waals surface area contributed by atoms with Crippen LogP contribution in [0.3, 0.4) is 0 Å². The number of hydrogen-bond donors (Lipinski definition) is 2. The highest BCUT2D eigenvalue weighted by Gasteiger charge is 2.23. The van der Waals surface area contributed by atoms with Gasteiger partial charge in [-0.1, -0.05) is 302 Å². The maximum absolute atomic E-state index is 13.0. The zero-order chi connectivity index (χ0) is 61.2. The number of quaternary nitrogens is 1. The van der Waals surface area contributed by atoms with Crippen molar-refractivity contribution in [3.8, 4) is 0 Å². The number of aliphatic hydroxyl groups is 1. The van der Waals surface area contributed by atoms with Gasteiger partial charge in [0.1, 0.15) is 13.2 Å². The highest BCUT2D eigenvalue weighted by Crippen LogP contribution is 2.38. The Labute approximate surface area is 519 Å². The normalized spacial score (nSPS) is 14.5. The Morgan fingerprint density at radius 3 is 1.11 bits per heavy atom. The van der Waals surface area contributed by atoms with Crippen LogP contribution in [0, 0.1) is 0 Å². The number of phosphoric acid groups is 1. The van der Waals surface area contributed by atoms with Gasteiger partial charge >= 0.3 is 0 Å². The maximum atomic E-state index is 13.0. The van der Waals surface area contributed by atoms with E-state index in [1.165, 1.54) is 154 Å². The van der Waals surface area contributed by atoms with Gasteiger partial charge in [-0.2, -0.15) is 0 Å². The lowest BCUT2D eigenvalue weighted by atomic mass is 10.0. The average Bonchev–Trinajstić information content (AvgIpc) is 3.56. The zero-order valence-electron chi connectivity index (χ0n) is 55.1. The van der Waals surface area contributed by atoms with E-state index in [0.717, 1.165) is 109 Å². The molecule has 0 heterocycles. The first kappa shape index (κ1) is 80.6. The standard InChI is InChI=1S/C75H131N2O6P/c1-6-8-10-12-14-16-18-20-22-24-26-28-30-32-34-35-36-37-38-39-40-41-43-45-47-49-51-53-55-57-59-61-63-65-67-69-75(79)76-73(72-83-84(80,81)82-71-70-77(3,4)5)74(78)68-66-64-62-60-58-56-54-52-50-48-46-44-42-33-31-29-27-25-23-21-19-17-15-13-11-9-7-2/h8,10,14,16,20,22,26,28,32,34,36-37,39-40,43,45,50,52,58,60,66,68,73-74,78H,6-7,9,11-13,15,17-19,21,23-25,27,29-31,33,35,38,41-42,44,46-49,51,53-57,59,61-65,67,69-72H2,1-5H3,(H-,76,79,80,81)/b10-8-,16-14-,22-20-,28-26-,34-32-,37-36-,40-39-,45-43-,52-50+,60-58+,68-66+. The molecule has 0 bridgehead atoms. The largest absolute Gasteiger partial charge is 0.756 e. The molecule has 482 valence electrons. The van der Waals surface area contributed by atoms with Gasteiger partial charge in [0.25, 0.3) is 7.82 Å². The average molecular weight is 1190 g/mol. The maximum Gasteiger partial charge on any atom is 0.268 e. The van der Waals surface area contributed by atoms with Crippen molar-refractivity contribution < 1.29 is 32.9 Å². The molecule has 0 fully saturated rings. The number of rotatable bonds is 62. The van der Waals surface area contributed by atoms with Gasteiger partial charge in [0, 0.05) is 6.42 Å². The third-order valence-corrected chi connectivity index (χ3v) is 15.8. The van der Waals surface area contributed by atoms with Crippen molar-refractivity contribution in [3.63, 3.8) is 0 Å². The highest BCUT2D eigenvalue weighted by atomic mass is 31.2. The Bertz CT molecular complexity index is 1830. The van der Waals surface area contributed by atoms with E-state index >= 15 is 0 Å². The molecule has 0 radical (unpaired) electrons. The molecule has 1 amide bonds. The Balaban J connectivity index is 4.20. The fourth-order valence-corrected chi connectivity index (χ4v) is 10.2. The van der Waals surface area contributed by atoms with Gasteiger partial charge in [-0.05, 0) is 109 Å². The van der Waals surface area contributed by atoms with Crippen LogP contribution < -0.4 is 10.2 Å². The summed E-state index contributed by atoms with van der Waals surface area (Å²) < 4.78 is 23.4. The molecular formula is C75H131N2O6P. The van der Waals surface area contributed by atoms with Crippen molar-refractivity contribution in [1.82, 2.24) is 5.32 Å². The quantitative estimate of drug-likeness (QED) is 0.0272. The molecule has 0 aliphatic rings. The number of hydrogen-bond acceptors (Lipinski definition) is 6. The van der Waals surface area contributed by atoms with Crippen LogP contribution in [-0.2, 0) is 18.4 Å². The van der Waals surface area contributed by atoms with Crippen molar-refractivity contribution in [2.45, 2.75) is 296 Å². The summed E-state index contributed by atoms with van der Waals surface area (Å²) in [5.74, 6) is -0.219. The zero-order valence-corrected chi connectivity index (χ0v) is 56.0. The molecule has 0 rings (SSSR count). The van der Waals surface area contributed by atoms with Crippen LogP contribution in [0.5, 0.6) is 0 Å². The van der Waals surface area contributed by atoms with E-state index in [9.17, 15) is 19.4 Å². The van der Waals surface area contributed by atoms with E-state index in [1.54, 1.807) is 6.08 Å². The Morgan fingerprint density at radius 1 is 0.429 bits per heavy atom. The predicted molar refractivity (Wildman–Crippen MR) is 366 cm³/mol. The monoisotopic (exact) mass is 1190 g/mol. The van der Waals surface area contributed by atoms with Crippen molar-refractivity contribution in [2.24, 2.45) is 0 Å². The SMILES string of the molecule is CC/C=C\C/C=C\C/C=C\C/C=C\C/C=C\C/C=C\C/C=C\C/C=C\CCCCCCCCCCCCC(=O)NC(COP(=O)([O-])OCC[N+](C)(C)C)C(O)/C=C/CC/C=C/CC/C=C/CCCCCCCCCCCCCCCCCCC. The summed E-state index contributed by atoms with van der Waals surface area (Å²) in [5, 5.41) is 13.9. The van der Waals surface area contributed by atoms with Crippen LogP contribution >= 0.6 is 7.82 Å².